The van der Waals surface area contributed by atoms with Crippen molar-refractivity contribution in [3.8, 4) is 0 Å². The Morgan fingerprint density at radius 1 is 1.14 bits per heavy atom. The average molecular weight is 294 g/mol. The van der Waals surface area contributed by atoms with Crippen LogP contribution in [0.25, 0.3) is 0 Å². The summed E-state index contributed by atoms with van der Waals surface area (Å²) in [6.45, 7) is 2.22. The van der Waals surface area contributed by atoms with Crippen LogP contribution in [0.3, 0.4) is 0 Å². The maximum Gasteiger partial charge on any atom is 0.303 e. The van der Waals surface area contributed by atoms with Crippen LogP contribution in [0, 0.1) is 0 Å². The molecule has 0 aromatic rings. The molecule has 3 nitrogen and oxygen atoms in total. The lowest BCUT2D eigenvalue weighted by molar-refractivity contribution is -0.137. The van der Waals surface area contributed by atoms with Crippen molar-refractivity contribution in [2.75, 3.05) is 0 Å². The molecule has 0 amide bonds. The quantitative estimate of drug-likeness (QED) is 0.374. The van der Waals surface area contributed by atoms with Gasteiger partial charge in [0.05, 0.1) is 0 Å². The molecule has 0 radical (unpaired) electrons. The minimum atomic E-state index is -0.679. The summed E-state index contributed by atoms with van der Waals surface area (Å²) in [5, 5.41) is 8.52. The molecule has 0 bridgehead atoms. The number of hydrogen-bond donors (Lipinski definition) is 1. The van der Waals surface area contributed by atoms with Crippen LogP contribution in [-0.4, -0.2) is 17.2 Å². The van der Waals surface area contributed by atoms with Crippen LogP contribution in [0.1, 0.15) is 77.6 Å². The third kappa shape index (κ3) is 10.2. The number of aliphatic carboxylic acids is 1. The molecule has 0 saturated carbocycles. The van der Waals surface area contributed by atoms with Crippen molar-refractivity contribution in [1.29, 1.82) is 0 Å². The van der Waals surface area contributed by atoms with Crippen LogP contribution >= 0.6 is 0 Å². The normalized spacial score (nSPS) is 19.1. The highest BCUT2D eigenvalue weighted by atomic mass is 16.6. The second kappa shape index (κ2) is 11.4. The van der Waals surface area contributed by atoms with Gasteiger partial charge in [0.25, 0.3) is 0 Å². The van der Waals surface area contributed by atoms with Gasteiger partial charge in [-0.2, -0.15) is 0 Å². The fourth-order valence-electron chi connectivity index (χ4n) is 2.39. The van der Waals surface area contributed by atoms with E-state index in [1.807, 2.05) is 0 Å². The van der Waals surface area contributed by atoms with Crippen LogP contribution in [0.5, 0.6) is 0 Å². The van der Waals surface area contributed by atoms with E-state index in [0.717, 1.165) is 31.4 Å². The smallest absolute Gasteiger partial charge is 0.303 e. The number of carboxylic acid groups (broad SMARTS) is 1. The molecular weight excluding hydrogens is 264 g/mol. The summed E-state index contributed by atoms with van der Waals surface area (Å²) >= 11 is 0. The Balaban J connectivity index is 1.88. The van der Waals surface area contributed by atoms with E-state index >= 15 is 0 Å². The molecule has 1 fully saturated rings. The largest absolute Gasteiger partial charge is 0.483 e. The second-order valence-electron chi connectivity index (χ2n) is 5.80. The van der Waals surface area contributed by atoms with Gasteiger partial charge in [0.15, 0.2) is 6.10 Å². The minimum absolute atomic E-state index is 0.312. The highest BCUT2D eigenvalue weighted by Gasteiger charge is 2.30. The zero-order valence-corrected chi connectivity index (χ0v) is 13.4. The number of ether oxygens (including phenoxy) is 1. The summed E-state index contributed by atoms with van der Waals surface area (Å²) in [5.74, 6) is 0.470. The van der Waals surface area contributed by atoms with E-state index in [9.17, 15) is 4.79 Å². The van der Waals surface area contributed by atoms with E-state index in [1.54, 1.807) is 0 Å². The first kappa shape index (κ1) is 17.8. The van der Waals surface area contributed by atoms with Gasteiger partial charge in [-0.15, -0.1) is 0 Å². The standard InChI is InChI=1S/C18H30O3/c1-2-3-10-13-16-17(21-16)14-11-8-6-4-5-7-9-12-15-18(19)20/h8,11,14,16H,2-7,9-10,12-13,15H2,1H3,(H,19,20). The first-order valence-corrected chi connectivity index (χ1v) is 8.49. The molecule has 1 aliphatic rings. The molecule has 0 spiro atoms. The van der Waals surface area contributed by atoms with Crippen LogP contribution in [-0.2, 0) is 9.53 Å². The van der Waals surface area contributed by atoms with Gasteiger partial charge in [-0.1, -0.05) is 51.2 Å². The summed E-state index contributed by atoms with van der Waals surface area (Å²) in [6, 6.07) is 0. The molecule has 3 heteroatoms. The molecule has 21 heavy (non-hydrogen) atoms. The first-order chi connectivity index (χ1) is 10.2. The van der Waals surface area contributed by atoms with Crippen molar-refractivity contribution < 1.29 is 14.6 Å². The van der Waals surface area contributed by atoms with Crippen LogP contribution in [0.2, 0.25) is 0 Å². The van der Waals surface area contributed by atoms with Gasteiger partial charge in [-0.3, -0.25) is 4.79 Å². The van der Waals surface area contributed by atoms with Gasteiger partial charge in [0.2, 0.25) is 0 Å². The number of hydrogen-bond acceptors (Lipinski definition) is 2. The average Bonchev–Trinajstić information content (AvgIpc) is 3.19. The second-order valence-corrected chi connectivity index (χ2v) is 5.80. The summed E-state index contributed by atoms with van der Waals surface area (Å²) in [4.78, 5) is 10.3. The number of epoxide rings is 1. The monoisotopic (exact) mass is 294 g/mol. The fraction of sp³-hybridized carbons (Fsp3) is 0.722. The minimum Gasteiger partial charge on any atom is -0.483 e. The van der Waals surface area contributed by atoms with Crippen molar-refractivity contribution in [3.63, 3.8) is 0 Å². The Kier molecular flexibility index (Phi) is 9.68. The Bertz CT molecular complexity index is 344. The molecule has 1 saturated heterocycles. The van der Waals surface area contributed by atoms with Crippen molar-refractivity contribution >= 4 is 5.97 Å². The van der Waals surface area contributed by atoms with Gasteiger partial charge in [0.1, 0.15) is 5.76 Å². The lowest BCUT2D eigenvalue weighted by Gasteiger charge is -1.97. The number of rotatable bonds is 13. The fourth-order valence-corrected chi connectivity index (χ4v) is 2.39. The van der Waals surface area contributed by atoms with Crippen molar-refractivity contribution in [3.05, 3.63) is 24.0 Å². The molecule has 1 unspecified atom stereocenters. The van der Waals surface area contributed by atoms with Crippen molar-refractivity contribution in [2.45, 2.75) is 83.7 Å². The van der Waals surface area contributed by atoms with E-state index in [-0.39, 0.29) is 0 Å². The number of allylic oxidation sites excluding steroid dienone is 3. The van der Waals surface area contributed by atoms with Crippen LogP contribution in [0.4, 0.5) is 0 Å². The predicted octanol–water partition coefficient (Wildman–Crippen LogP) is 5.22. The van der Waals surface area contributed by atoms with Crippen molar-refractivity contribution in [2.24, 2.45) is 0 Å². The number of carbonyl (C=O) groups is 1. The summed E-state index contributed by atoms with van der Waals surface area (Å²) in [7, 11) is 0. The van der Waals surface area contributed by atoms with Gasteiger partial charge in [0, 0.05) is 6.42 Å². The molecular formula is C18H30O3. The topological polar surface area (TPSA) is 49.8 Å². The molecule has 1 heterocycles. The lowest BCUT2D eigenvalue weighted by Crippen LogP contribution is -1.93. The highest BCUT2D eigenvalue weighted by molar-refractivity contribution is 5.66. The Labute approximate surface area is 129 Å². The predicted molar refractivity (Wildman–Crippen MR) is 86.2 cm³/mol. The van der Waals surface area contributed by atoms with Gasteiger partial charge < -0.3 is 9.84 Å². The molecule has 1 atom stereocenters. The molecule has 1 aliphatic heterocycles. The molecule has 120 valence electrons. The highest BCUT2D eigenvalue weighted by Crippen LogP contribution is 2.31. The van der Waals surface area contributed by atoms with E-state index in [1.165, 1.54) is 38.5 Å². The van der Waals surface area contributed by atoms with Gasteiger partial charge in [-0.05, 0) is 38.2 Å². The lowest BCUT2D eigenvalue weighted by atomic mass is 10.1. The van der Waals surface area contributed by atoms with Crippen LogP contribution < -0.4 is 0 Å². The zero-order valence-electron chi connectivity index (χ0n) is 13.4. The molecule has 0 aromatic heterocycles. The zero-order chi connectivity index (χ0) is 15.3. The molecule has 0 aromatic carbocycles. The third-order valence-corrected chi connectivity index (χ3v) is 3.77. The summed E-state index contributed by atoms with van der Waals surface area (Å²) in [6.07, 6.45) is 18.6. The Morgan fingerprint density at radius 2 is 1.90 bits per heavy atom. The summed E-state index contributed by atoms with van der Waals surface area (Å²) < 4.78 is 5.52. The van der Waals surface area contributed by atoms with Crippen molar-refractivity contribution in [1.82, 2.24) is 0 Å². The van der Waals surface area contributed by atoms with E-state index in [0.29, 0.717) is 12.5 Å². The third-order valence-electron chi connectivity index (χ3n) is 3.77. The van der Waals surface area contributed by atoms with Crippen LogP contribution in [0.15, 0.2) is 24.0 Å². The Hall–Kier alpha value is -1.25. The van der Waals surface area contributed by atoms with E-state index in [2.05, 4.69) is 25.2 Å². The number of carboxylic acids is 1. The molecule has 0 aliphatic carbocycles. The van der Waals surface area contributed by atoms with Gasteiger partial charge in [-0.25, -0.2) is 0 Å². The molecule has 1 rings (SSSR count). The maximum absolute atomic E-state index is 10.3. The SMILES string of the molecule is CCCCCC1OC1=CC=CCCCCCCCC(=O)O. The van der Waals surface area contributed by atoms with Gasteiger partial charge >= 0.3 is 5.97 Å². The van der Waals surface area contributed by atoms with E-state index in [4.69, 9.17) is 9.84 Å². The van der Waals surface area contributed by atoms with E-state index < -0.39 is 5.97 Å². The number of unbranched alkanes of at least 4 members (excludes halogenated alkanes) is 7. The molecule has 1 N–H and O–H groups in total. The first-order valence-electron chi connectivity index (χ1n) is 8.49. The Morgan fingerprint density at radius 3 is 2.67 bits per heavy atom. The summed E-state index contributed by atoms with van der Waals surface area (Å²) in [5.41, 5.74) is 0. The maximum atomic E-state index is 10.3.